The molecule has 1 N–H and O–H groups in total. The summed E-state index contributed by atoms with van der Waals surface area (Å²) >= 11 is 3.04. The van der Waals surface area contributed by atoms with Crippen LogP contribution in [-0.4, -0.2) is 18.5 Å². The molecule has 0 fully saturated rings. The first kappa shape index (κ1) is 17.0. The maximum Gasteiger partial charge on any atom is 0.339 e. The fourth-order valence-corrected chi connectivity index (χ4v) is 2.06. The molecule has 0 spiro atoms. The molecule has 0 aliphatic carbocycles. The molecule has 0 saturated carbocycles. The predicted octanol–water partition coefficient (Wildman–Crippen LogP) is 3.66. The molecule has 23 heavy (non-hydrogen) atoms. The molecule has 0 atom stereocenters. The summed E-state index contributed by atoms with van der Waals surface area (Å²) in [4.78, 5) is 23.4. The highest BCUT2D eigenvalue weighted by Crippen LogP contribution is 2.19. The number of hydrogen-bond acceptors (Lipinski definition) is 3. The van der Waals surface area contributed by atoms with E-state index in [1.54, 1.807) is 0 Å². The number of ether oxygens (including phenoxy) is 1. The van der Waals surface area contributed by atoms with E-state index in [9.17, 15) is 22.8 Å². The van der Waals surface area contributed by atoms with Gasteiger partial charge in [-0.25, -0.2) is 18.0 Å². The smallest absolute Gasteiger partial charge is 0.339 e. The van der Waals surface area contributed by atoms with Gasteiger partial charge in [-0.15, -0.1) is 0 Å². The summed E-state index contributed by atoms with van der Waals surface area (Å²) in [6, 6.07) is 6.45. The third-order valence-electron chi connectivity index (χ3n) is 2.71. The molecule has 0 aliphatic heterocycles. The number of carbonyl (C=O) groups is 2. The van der Waals surface area contributed by atoms with Crippen molar-refractivity contribution in [1.82, 2.24) is 0 Å². The third-order valence-corrected chi connectivity index (χ3v) is 3.40. The Bertz CT molecular complexity index is 747. The maximum absolute atomic E-state index is 13.4. The molecule has 8 heteroatoms. The number of hydrogen-bond donors (Lipinski definition) is 1. The van der Waals surface area contributed by atoms with Gasteiger partial charge in [-0.1, -0.05) is 6.07 Å². The van der Waals surface area contributed by atoms with E-state index in [0.717, 1.165) is 30.3 Å². The van der Waals surface area contributed by atoms with E-state index >= 15 is 0 Å². The Labute approximate surface area is 137 Å². The molecule has 2 aromatic rings. The Morgan fingerprint density at radius 3 is 2.39 bits per heavy atom. The number of rotatable bonds is 4. The van der Waals surface area contributed by atoms with Gasteiger partial charge >= 0.3 is 5.97 Å². The lowest BCUT2D eigenvalue weighted by atomic mass is 10.2. The van der Waals surface area contributed by atoms with Crippen LogP contribution in [0.25, 0.3) is 0 Å². The summed E-state index contributed by atoms with van der Waals surface area (Å²) in [7, 11) is 0. The van der Waals surface area contributed by atoms with Gasteiger partial charge in [0.1, 0.15) is 23.1 Å². The molecule has 2 rings (SSSR count). The highest BCUT2D eigenvalue weighted by Gasteiger charge is 2.16. The second-order valence-corrected chi connectivity index (χ2v) is 5.20. The van der Waals surface area contributed by atoms with Gasteiger partial charge in [0.15, 0.2) is 6.61 Å². The average molecular weight is 388 g/mol. The van der Waals surface area contributed by atoms with Crippen LogP contribution in [0.5, 0.6) is 0 Å². The number of para-hydroxylation sites is 1. The lowest BCUT2D eigenvalue weighted by molar-refractivity contribution is -0.119. The second-order valence-electron chi connectivity index (χ2n) is 4.35. The Hall–Kier alpha value is -2.35. The van der Waals surface area contributed by atoms with Gasteiger partial charge in [0.25, 0.3) is 5.91 Å². The zero-order valence-corrected chi connectivity index (χ0v) is 13.0. The molecule has 0 aliphatic rings. The first-order chi connectivity index (χ1) is 10.9. The number of anilines is 1. The largest absolute Gasteiger partial charge is 0.452 e. The SMILES string of the molecule is O=C(COC(=O)c1cc(F)ccc1Br)Nc1c(F)cccc1F. The molecular weight excluding hydrogens is 379 g/mol. The van der Waals surface area contributed by atoms with Crippen molar-refractivity contribution in [1.29, 1.82) is 0 Å². The number of carbonyl (C=O) groups excluding carboxylic acids is 2. The molecule has 2 aromatic carbocycles. The first-order valence-electron chi connectivity index (χ1n) is 6.24. The fraction of sp³-hybridized carbons (Fsp3) is 0.0667. The number of halogens is 4. The Morgan fingerprint density at radius 1 is 1.09 bits per heavy atom. The van der Waals surface area contributed by atoms with E-state index in [-0.39, 0.29) is 10.0 Å². The highest BCUT2D eigenvalue weighted by molar-refractivity contribution is 9.10. The van der Waals surface area contributed by atoms with Crippen LogP contribution >= 0.6 is 15.9 Å². The normalized spacial score (nSPS) is 10.3. The quantitative estimate of drug-likeness (QED) is 0.814. The molecule has 0 aromatic heterocycles. The zero-order valence-electron chi connectivity index (χ0n) is 11.4. The van der Waals surface area contributed by atoms with Crippen LogP contribution in [0, 0.1) is 17.5 Å². The summed E-state index contributed by atoms with van der Waals surface area (Å²) in [6.45, 7) is -0.782. The summed E-state index contributed by atoms with van der Waals surface area (Å²) in [5.41, 5.74) is -0.754. The van der Waals surface area contributed by atoms with E-state index in [1.807, 2.05) is 5.32 Å². The summed E-state index contributed by atoms with van der Waals surface area (Å²) in [5.74, 6) is -4.47. The van der Waals surface area contributed by atoms with Crippen molar-refractivity contribution in [3.05, 3.63) is 63.9 Å². The number of esters is 1. The van der Waals surface area contributed by atoms with E-state index < -0.39 is 41.6 Å². The molecule has 0 bridgehead atoms. The second kappa shape index (κ2) is 7.28. The van der Waals surface area contributed by atoms with Gasteiger partial charge in [0.2, 0.25) is 0 Å². The third kappa shape index (κ3) is 4.32. The van der Waals surface area contributed by atoms with Crippen LogP contribution in [0.1, 0.15) is 10.4 Å². The molecule has 120 valence electrons. The molecule has 0 radical (unpaired) electrons. The zero-order chi connectivity index (χ0) is 17.0. The van der Waals surface area contributed by atoms with Crippen LogP contribution in [0.4, 0.5) is 18.9 Å². The van der Waals surface area contributed by atoms with E-state index in [4.69, 9.17) is 0 Å². The minimum atomic E-state index is -0.961. The molecule has 1 amide bonds. The topological polar surface area (TPSA) is 55.4 Å². The molecule has 4 nitrogen and oxygen atoms in total. The molecular formula is C15H9BrF3NO3. The Kier molecular flexibility index (Phi) is 5.38. The van der Waals surface area contributed by atoms with Crippen LogP contribution in [0.2, 0.25) is 0 Å². The van der Waals surface area contributed by atoms with Crippen molar-refractivity contribution in [3.63, 3.8) is 0 Å². The van der Waals surface area contributed by atoms with Crippen molar-refractivity contribution in [2.45, 2.75) is 0 Å². The van der Waals surface area contributed by atoms with Crippen LogP contribution < -0.4 is 5.32 Å². The molecule has 0 saturated heterocycles. The minimum absolute atomic E-state index is 0.116. The van der Waals surface area contributed by atoms with Crippen LogP contribution in [0.15, 0.2) is 40.9 Å². The van der Waals surface area contributed by atoms with Gasteiger partial charge < -0.3 is 10.1 Å². The predicted molar refractivity (Wildman–Crippen MR) is 79.4 cm³/mol. The van der Waals surface area contributed by atoms with Gasteiger partial charge in [-0.3, -0.25) is 4.79 Å². The van der Waals surface area contributed by atoms with Gasteiger partial charge in [0, 0.05) is 4.47 Å². The van der Waals surface area contributed by atoms with Crippen molar-refractivity contribution >= 4 is 33.5 Å². The minimum Gasteiger partial charge on any atom is -0.452 e. The molecule has 0 unspecified atom stereocenters. The highest BCUT2D eigenvalue weighted by atomic mass is 79.9. The number of nitrogens with one attached hydrogen (secondary N) is 1. The maximum atomic E-state index is 13.4. The van der Waals surface area contributed by atoms with Crippen molar-refractivity contribution < 1.29 is 27.5 Å². The Morgan fingerprint density at radius 2 is 1.74 bits per heavy atom. The first-order valence-corrected chi connectivity index (χ1v) is 7.04. The average Bonchev–Trinajstić information content (AvgIpc) is 2.51. The lowest BCUT2D eigenvalue weighted by Gasteiger charge is -2.09. The Balaban J connectivity index is 1.99. The number of amides is 1. The van der Waals surface area contributed by atoms with Gasteiger partial charge in [0.05, 0.1) is 5.56 Å². The standard InChI is InChI=1S/C15H9BrF3NO3/c16-10-5-4-8(17)6-9(10)15(22)23-7-13(21)20-14-11(18)2-1-3-12(14)19/h1-6H,7H2,(H,20,21). The summed E-state index contributed by atoms with van der Waals surface area (Å²) < 4.78 is 44.8. The van der Waals surface area contributed by atoms with Crippen LogP contribution in [-0.2, 0) is 9.53 Å². The molecule has 0 heterocycles. The van der Waals surface area contributed by atoms with Crippen LogP contribution in [0.3, 0.4) is 0 Å². The number of benzene rings is 2. The van der Waals surface area contributed by atoms with Crippen molar-refractivity contribution in [3.8, 4) is 0 Å². The van der Waals surface area contributed by atoms with E-state index in [0.29, 0.717) is 0 Å². The van der Waals surface area contributed by atoms with E-state index in [2.05, 4.69) is 20.7 Å². The van der Waals surface area contributed by atoms with Gasteiger partial charge in [-0.2, -0.15) is 0 Å². The monoisotopic (exact) mass is 387 g/mol. The lowest BCUT2D eigenvalue weighted by Crippen LogP contribution is -2.22. The summed E-state index contributed by atoms with van der Waals surface area (Å²) in [6.07, 6.45) is 0. The summed E-state index contributed by atoms with van der Waals surface area (Å²) in [5, 5.41) is 1.96. The van der Waals surface area contributed by atoms with Gasteiger partial charge in [-0.05, 0) is 46.3 Å². The fourth-order valence-electron chi connectivity index (χ4n) is 1.66. The van der Waals surface area contributed by atoms with E-state index in [1.165, 1.54) is 6.07 Å². The van der Waals surface area contributed by atoms with Crippen molar-refractivity contribution in [2.75, 3.05) is 11.9 Å². The van der Waals surface area contributed by atoms with Crippen molar-refractivity contribution in [2.24, 2.45) is 0 Å².